The van der Waals surface area contributed by atoms with Crippen LogP contribution in [-0.4, -0.2) is 31.6 Å². The van der Waals surface area contributed by atoms with Crippen molar-refractivity contribution in [3.8, 4) is 0 Å². The van der Waals surface area contributed by atoms with Crippen molar-refractivity contribution in [2.24, 2.45) is 0 Å². The lowest BCUT2D eigenvalue weighted by molar-refractivity contribution is -0.143. The molecule has 0 aromatic heterocycles. The van der Waals surface area contributed by atoms with E-state index in [9.17, 15) is 9.59 Å². The third-order valence-electron chi connectivity index (χ3n) is 2.53. The number of esters is 1. The molecule has 0 radical (unpaired) electrons. The molecular formula is C13H19N3O3. The lowest BCUT2D eigenvalue weighted by Gasteiger charge is -2.16. The van der Waals surface area contributed by atoms with Gasteiger partial charge in [0.15, 0.2) is 0 Å². The van der Waals surface area contributed by atoms with Crippen molar-refractivity contribution in [2.75, 3.05) is 24.7 Å². The minimum Gasteiger partial charge on any atom is -0.464 e. The molecule has 0 spiro atoms. The van der Waals surface area contributed by atoms with Crippen molar-refractivity contribution < 1.29 is 14.3 Å². The van der Waals surface area contributed by atoms with E-state index >= 15 is 0 Å². The van der Waals surface area contributed by atoms with E-state index in [2.05, 4.69) is 10.6 Å². The smallest absolute Gasteiger partial charge is 0.328 e. The molecule has 19 heavy (non-hydrogen) atoms. The van der Waals surface area contributed by atoms with Gasteiger partial charge in [0, 0.05) is 18.4 Å². The van der Waals surface area contributed by atoms with Gasteiger partial charge in [-0.05, 0) is 32.0 Å². The number of rotatable bonds is 5. The quantitative estimate of drug-likeness (QED) is 0.545. The number of ether oxygens (including phenoxy) is 1. The average Bonchev–Trinajstić information content (AvgIpc) is 2.38. The number of nitrogens with two attached hydrogens (primary N) is 1. The molecule has 0 aliphatic rings. The first kappa shape index (κ1) is 14.8. The van der Waals surface area contributed by atoms with Crippen molar-refractivity contribution in [3.05, 3.63) is 23.8 Å². The topological polar surface area (TPSA) is 93.4 Å². The Kier molecular flexibility index (Phi) is 5.17. The highest BCUT2D eigenvalue weighted by molar-refractivity contribution is 6.00. The van der Waals surface area contributed by atoms with Gasteiger partial charge in [0.1, 0.15) is 6.04 Å². The Hall–Kier alpha value is -2.24. The van der Waals surface area contributed by atoms with E-state index in [-0.39, 0.29) is 11.9 Å². The first-order chi connectivity index (χ1) is 8.99. The maximum atomic E-state index is 11.7. The lowest BCUT2D eigenvalue weighted by atomic mass is 10.1. The molecule has 0 aliphatic carbocycles. The largest absolute Gasteiger partial charge is 0.464 e. The summed E-state index contributed by atoms with van der Waals surface area (Å²) in [5, 5.41) is 5.47. The third kappa shape index (κ3) is 3.87. The van der Waals surface area contributed by atoms with Gasteiger partial charge in [-0.3, -0.25) is 4.79 Å². The van der Waals surface area contributed by atoms with Crippen molar-refractivity contribution in [2.45, 2.75) is 19.9 Å². The highest BCUT2D eigenvalue weighted by atomic mass is 16.5. The second-order valence-electron chi connectivity index (χ2n) is 4.00. The van der Waals surface area contributed by atoms with Crippen LogP contribution in [0.2, 0.25) is 0 Å². The van der Waals surface area contributed by atoms with Gasteiger partial charge in [-0.2, -0.15) is 0 Å². The number of benzene rings is 1. The van der Waals surface area contributed by atoms with E-state index in [1.165, 1.54) is 7.05 Å². The zero-order valence-electron chi connectivity index (χ0n) is 11.3. The summed E-state index contributed by atoms with van der Waals surface area (Å²) in [7, 11) is 1.54. The zero-order chi connectivity index (χ0) is 14.4. The van der Waals surface area contributed by atoms with Gasteiger partial charge in [0.25, 0.3) is 5.91 Å². The van der Waals surface area contributed by atoms with Crippen molar-refractivity contribution in [1.82, 2.24) is 5.32 Å². The summed E-state index contributed by atoms with van der Waals surface area (Å²) < 4.78 is 4.90. The normalized spacial score (nSPS) is 11.5. The molecular weight excluding hydrogens is 246 g/mol. The summed E-state index contributed by atoms with van der Waals surface area (Å²) in [6.45, 7) is 3.71. The van der Waals surface area contributed by atoms with E-state index in [0.29, 0.717) is 23.5 Å². The second-order valence-corrected chi connectivity index (χ2v) is 4.00. The SMILES string of the molecule is CCOC(=O)C(C)Nc1cc(N)ccc1C(=O)NC. The Morgan fingerprint density at radius 3 is 2.68 bits per heavy atom. The number of carbonyl (C=O) groups is 2. The summed E-state index contributed by atoms with van der Waals surface area (Å²) in [6, 6.07) is 4.28. The number of anilines is 2. The molecule has 0 saturated carbocycles. The monoisotopic (exact) mass is 265 g/mol. The van der Waals surface area contributed by atoms with Crippen LogP contribution >= 0.6 is 0 Å². The molecule has 4 N–H and O–H groups in total. The Bertz CT molecular complexity index is 474. The molecule has 0 heterocycles. The summed E-state index contributed by atoms with van der Waals surface area (Å²) in [5.41, 5.74) is 7.12. The fraction of sp³-hybridized carbons (Fsp3) is 0.385. The Balaban J connectivity index is 2.95. The van der Waals surface area contributed by atoms with Crippen molar-refractivity contribution in [3.63, 3.8) is 0 Å². The molecule has 0 fully saturated rings. The van der Waals surface area contributed by atoms with Crippen LogP contribution in [0, 0.1) is 0 Å². The minimum absolute atomic E-state index is 0.251. The molecule has 6 nitrogen and oxygen atoms in total. The van der Waals surface area contributed by atoms with Gasteiger partial charge in [0.05, 0.1) is 12.2 Å². The molecule has 6 heteroatoms. The number of carbonyl (C=O) groups excluding carboxylic acids is 2. The van der Waals surface area contributed by atoms with Gasteiger partial charge >= 0.3 is 5.97 Å². The number of nitrogen functional groups attached to an aromatic ring is 1. The lowest BCUT2D eigenvalue weighted by Crippen LogP contribution is -2.30. The maximum absolute atomic E-state index is 11.7. The van der Waals surface area contributed by atoms with Gasteiger partial charge in [-0.25, -0.2) is 4.79 Å². The molecule has 1 unspecified atom stereocenters. The zero-order valence-corrected chi connectivity index (χ0v) is 11.3. The van der Waals surface area contributed by atoms with Crippen molar-refractivity contribution in [1.29, 1.82) is 0 Å². The molecule has 0 bridgehead atoms. The van der Waals surface area contributed by atoms with Crippen LogP contribution in [0.3, 0.4) is 0 Å². The molecule has 0 aliphatic heterocycles. The van der Waals surface area contributed by atoms with Crippen LogP contribution in [0.1, 0.15) is 24.2 Å². The Morgan fingerprint density at radius 1 is 1.42 bits per heavy atom. The summed E-state index contributed by atoms with van der Waals surface area (Å²) in [4.78, 5) is 23.3. The number of nitrogens with one attached hydrogen (secondary N) is 2. The first-order valence-electron chi connectivity index (χ1n) is 6.04. The molecule has 104 valence electrons. The highest BCUT2D eigenvalue weighted by Gasteiger charge is 2.17. The molecule has 0 saturated heterocycles. The Morgan fingerprint density at radius 2 is 2.11 bits per heavy atom. The third-order valence-corrected chi connectivity index (χ3v) is 2.53. The molecule has 1 atom stereocenters. The average molecular weight is 265 g/mol. The van der Waals surface area contributed by atoms with Crippen LogP contribution in [0.5, 0.6) is 0 Å². The number of hydrogen-bond acceptors (Lipinski definition) is 5. The van der Waals surface area contributed by atoms with Crippen LogP contribution < -0.4 is 16.4 Å². The van der Waals surface area contributed by atoms with E-state index in [0.717, 1.165) is 0 Å². The standard InChI is InChI=1S/C13H19N3O3/c1-4-19-13(18)8(2)16-11-7-9(14)5-6-10(11)12(17)15-3/h5-8,16H,4,14H2,1-3H3,(H,15,17). The highest BCUT2D eigenvalue weighted by Crippen LogP contribution is 2.20. The summed E-state index contributed by atoms with van der Waals surface area (Å²) in [5.74, 6) is -0.633. The van der Waals surface area contributed by atoms with Crippen LogP contribution in [0.4, 0.5) is 11.4 Å². The van der Waals surface area contributed by atoms with Crippen LogP contribution in [0.25, 0.3) is 0 Å². The maximum Gasteiger partial charge on any atom is 0.328 e. The molecule has 1 amide bonds. The summed E-state index contributed by atoms with van der Waals surface area (Å²) >= 11 is 0. The van der Waals surface area contributed by atoms with E-state index in [1.807, 2.05) is 0 Å². The van der Waals surface area contributed by atoms with Gasteiger partial charge in [-0.15, -0.1) is 0 Å². The summed E-state index contributed by atoms with van der Waals surface area (Å²) in [6.07, 6.45) is 0. The fourth-order valence-corrected chi connectivity index (χ4v) is 1.57. The van der Waals surface area contributed by atoms with Gasteiger partial charge in [-0.1, -0.05) is 0 Å². The predicted octanol–water partition coefficient (Wildman–Crippen LogP) is 0.992. The second kappa shape index (κ2) is 6.63. The molecule has 1 rings (SSSR count). The first-order valence-corrected chi connectivity index (χ1v) is 6.04. The fourth-order valence-electron chi connectivity index (χ4n) is 1.57. The van der Waals surface area contributed by atoms with Crippen LogP contribution in [0.15, 0.2) is 18.2 Å². The van der Waals surface area contributed by atoms with E-state index in [4.69, 9.17) is 10.5 Å². The van der Waals surface area contributed by atoms with E-state index in [1.54, 1.807) is 32.0 Å². The Labute approximate surface area is 112 Å². The molecule has 1 aromatic rings. The number of hydrogen-bond donors (Lipinski definition) is 3. The van der Waals surface area contributed by atoms with Crippen molar-refractivity contribution >= 4 is 23.3 Å². The minimum atomic E-state index is -0.565. The number of amides is 1. The predicted molar refractivity (Wildman–Crippen MR) is 74.0 cm³/mol. The van der Waals surface area contributed by atoms with Gasteiger partial charge in [0.2, 0.25) is 0 Å². The van der Waals surface area contributed by atoms with Crippen LogP contribution in [-0.2, 0) is 9.53 Å². The molecule has 1 aromatic carbocycles. The van der Waals surface area contributed by atoms with E-state index < -0.39 is 6.04 Å². The van der Waals surface area contributed by atoms with Gasteiger partial charge < -0.3 is 21.1 Å².